The first-order valence-corrected chi connectivity index (χ1v) is 11.3. The van der Waals surface area contributed by atoms with Crippen molar-refractivity contribution in [1.82, 2.24) is 5.32 Å². The van der Waals surface area contributed by atoms with Crippen LogP contribution in [-0.4, -0.2) is 29.9 Å². The molecule has 3 aromatic rings. The third-order valence-electron chi connectivity index (χ3n) is 4.78. The van der Waals surface area contributed by atoms with Crippen LogP contribution >= 0.6 is 11.8 Å². The maximum absolute atomic E-state index is 13.1. The first-order chi connectivity index (χ1) is 14.7. The quantitative estimate of drug-likeness (QED) is 0.526. The molecule has 0 aliphatic rings. The second kappa shape index (κ2) is 11.2. The SMILES string of the molecule is CSCC[C@H](NC(=O)c1ccccc1)C(=O)Nc1ccccc1Cc1ccccc1. The van der Waals surface area contributed by atoms with E-state index in [0.29, 0.717) is 12.0 Å². The number of anilines is 1. The van der Waals surface area contributed by atoms with E-state index in [1.807, 2.05) is 66.9 Å². The van der Waals surface area contributed by atoms with E-state index in [4.69, 9.17) is 0 Å². The summed E-state index contributed by atoms with van der Waals surface area (Å²) in [5.74, 6) is 0.335. The third kappa shape index (κ3) is 6.22. The van der Waals surface area contributed by atoms with Crippen molar-refractivity contribution in [2.45, 2.75) is 18.9 Å². The van der Waals surface area contributed by atoms with Gasteiger partial charge in [-0.05, 0) is 54.2 Å². The van der Waals surface area contributed by atoms with Gasteiger partial charge < -0.3 is 10.6 Å². The van der Waals surface area contributed by atoms with Crippen molar-refractivity contribution >= 4 is 29.3 Å². The lowest BCUT2D eigenvalue weighted by molar-refractivity contribution is -0.118. The van der Waals surface area contributed by atoms with Crippen LogP contribution in [-0.2, 0) is 11.2 Å². The average Bonchev–Trinajstić information content (AvgIpc) is 2.79. The molecule has 1 atom stereocenters. The summed E-state index contributed by atoms with van der Waals surface area (Å²) in [6.45, 7) is 0. The topological polar surface area (TPSA) is 58.2 Å². The molecule has 4 nitrogen and oxygen atoms in total. The van der Waals surface area contributed by atoms with Crippen molar-refractivity contribution in [2.75, 3.05) is 17.3 Å². The van der Waals surface area contributed by atoms with Gasteiger partial charge in [0.15, 0.2) is 0 Å². The highest BCUT2D eigenvalue weighted by atomic mass is 32.2. The second-order valence-corrected chi connectivity index (χ2v) is 7.97. The molecule has 0 fully saturated rings. The molecule has 30 heavy (non-hydrogen) atoms. The van der Waals surface area contributed by atoms with Crippen LogP contribution in [0.1, 0.15) is 27.9 Å². The molecular weight excluding hydrogens is 392 g/mol. The lowest BCUT2D eigenvalue weighted by Gasteiger charge is -2.19. The van der Waals surface area contributed by atoms with Gasteiger partial charge in [-0.3, -0.25) is 9.59 Å². The minimum atomic E-state index is -0.602. The van der Waals surface area contributed by atoms with E-state index in [0.717, 1.165) is 23.4 Å². The van der Waals surface area contributed by atoms with E-state index in [-0.39, 0.29) is 11.8 Å². The molecule has 0 bridgehead atoms. The lowest BCUT2D eigenvalue weighted by Crippen LogP contribution is -2.44. The van der Waals surface area contributed by atoms with Gasteiger partial charge in [-0.15, -0.1) is 0 Å². The molecule has 0 aliphatic heterocycles. The molecule has 0 spiro atoms. The van der Waals surface area contributed by atoms with Crippen LogP contribution in [0.4, 0.5) is 5.69 Å². The Hall–Kier alpha value is -3.05. The van der Waals surface area contributed by atoms with Crippen molar-refractivity contribution < 1.29 is 9.59 Å². The average molecular weight is 419 g/mol. The fourth-order valence-electron chi connectivity index (χ4n) is 3.17. The number of carbonyl (C=O) groups excluding carboxylic acids is 2. The molecule has 0 aliphatic carbocycles. The minimum absolute atomic E-state index is 0.200. The Morgan fingerprint density at radius 2 is 1.50 bits per heavy atom. The summed E-state index contributed by atoms with van der Waals surface area (Å²) < 4.78 is 0. The summed E-state index contributed by atoms with van der Waals surface area (Å²) in [6.07, 6.45) is 3.28. The van der Waals surface area contributed by atoms with Crippen LogP contribution in [0.25, 0.3) is 0 Å². The zero-order chi connectivity index (χ0) is 21.2. The van der Waals surface area contributed by atoms with Gasteiger partial charge >= 0.3 is 0 Å². The van der Waals surface area contributed by atoms with Crippen molar-refractivity contribution in [3.05, 3.63) is 102 Å². The molecule has 0 saturated carbocycles. The van der Waals surface area contributed by atoms with Gasteiger partial charge in [0.05, 0.1) is 0 Å². The molecule has 5 heteroatoms. The highest BCUT2D eigenvalue weighted by Gasteiger charge is 2.22. The number of para-hydroxylation sites is 1. The van der Waals surface area contributed by atoms with Gasteiger partial charge in [0.2, 0.25) is 5.91 Å². The first-order valence-electron chi connectivity index (χ1n) is 9.95. The highest BCUT2D eigenvalue weighted by Crippen LogP contribution is 2.20. The Morgan fingerprint density at radius 1 is 0.867 bits per heavy atom. The van der Waals surface area contributed by atoms with Crippen LogP contribution in [0, 0.1) is 0 Å². The van der Waals surface area contributed by atoms with Gasteiger partial charge in [0.1, 0.15) is 6.04 Å². The van der Waals surface area contributed by atoms with Gasteiger partial charge in [-0.1, -0.05) is 66.7 Å². The number of carbonyl (C=O) groups is 2. The lowest BCUT2D eigenvalue weighted by atomic mass is 10.0. The molecule has 3 aromatic carbocycles. The van der Waals surface area contributed by atoms with E-state index in [9.17, 15) is 9.59 Å². The summed E-state index contributed by atoms with van der Waals surface area (Å²) in [5.41, 5.74) is 3.53. The van der Waals surface area contributed by atoms with Crippen LogP contribution in [0.3, 0.4) is 0 Å². The number of benzene rings is 3. The van der Waals surface area contributed by atoms with Crippen LogP contribution in [0.15, 0.2) is 84.9 Å². The summed E-state index contributed by atoms with van der Waals surface area (Å²) in [4.78, 5) is 25.6. The Balaban J connectivity index is 1.73. The van der Waals surface area contributed by atoms with E-state index >= 15 is 0 Å². The number of nitrogens with one attached hydrogen (secondary N) is 2. The Kier molecular flexibility index (Phi) is 8.10. The highest BCUT2D eigenvalue weighted by molar-refractivity contribution is 7.98. The number of hydrogen-bond donors (Lipinski definition) is 2. The normalized spacial score (nSPS) is 11.5. The van der Waals surface area contributed by atoms with Gasteiger partial charge in [0, 0.05) is 11.3 Å². The summed E-state index contributed by atoms with van der Waals surface area (Å²) in [7, 11) is 0. The van der Waals surface area contributed by atoms with Crippen LogP contribution in [0.2, 0.25) is 0 Å². The minimum Gasteiger partial charge on any atom is -0.340 e. The Bertz CT molecular complexity index is 961. The van der Waals surface area contributed by atoms with Crippen LogP contribution in [0.5, 0.6) is 0 Å². The molecule has 0 radical (unpaired) electrons. The summed E-state index contributed by atoms with van der Waals surface area (Å²) in [6, 6.07) is 26.3. The van der Waals surface area contributed by atoms with E-state index in [1.54, 1.807) is 23.9 Å². The molecule has 0 aromatic heterocycles. The maximum Gasteiger partial charge on any atom is 0.251 e. The second-order valence-electron chi connectivity index (χ2n) is 6.98. The number of hydrogen-bond acceptors (Lipinski definition) is 3. The summed E-state index contributed by atoms with van der Waals surface area (Å²) >= 11 is 1.65. The molecule has 154 valence electrons. The van der Waals surface area contributed by atoms with Crippen LogP contribution < -0.4 is 10.6 Å². The monoisotopic (exact) mass is 418 g/mol. The predicted octanol–water partition coefficient (Wildman–Crippen LogP) is 4.77. The predicted molar refractivity (Wildman–Crippen MR) is 125 cm³/mol. The fraction of sp³-hybridized carbons (Fsp3) is 0.200. The van der Waals surface area contributed by atoms with Crippen molar-refractivity contribution in [3.63, 3.8) is 0 Å². The molecule has 3 rings (SSSR count). The largest absolute Gasteiger partial charge is 0.340 e. The first kappa shape index (κ1) is 21.7. The van der Waals surface area contributed by atoms with Crippen molar-refractivity contribution in [2.24, 2.45) is 0 Å². The fourth-order valence-corrected chi connectivity index (χ4v) is 3.64. The zero-order valence-corrected chi connectivity index (χ0v) is 17.8. The van der Waals surface area contributed by atoms with Gasteiger partial charge in [-0.2, -0.15) is 11.8 Å². The molecular formula is C25H26N2O2S. The number of thioether (sulfide) groups is 1. The van der Waals surface area contributed by atoms with E-state index < -0.39 is 6.04 Å². The molecule has 2 N–H and O–H groups in total. The molecule has 0 unspecified atom stereocenters. The van der Waals surface area contributed by atoms with E-state index in [2.05, 4.69) is 22.8 Å². The number of rotatable bonds is 9. The molecule has 2 amide bonds. The van der Waals surface area contributed by atoms with Gasteiger partial charge in [-0.25, -0.2) is 0 Å². The van der Waals surface area contributed by atoms with Crippen molar-refractivity contribution in [3.8, 4) is 0 Å². The third-order valence-corrected chi connectivity index (χ3v) is 5.43. The smallest absolute Gasteiger partial charge is 0.251 e. The summed E-state index contributed by atoms with van der Waals surface area (Å²) in [5, 5.41) is 5.93. The zero-order valence-electron chi connectivity index (χ0n) is 17.0. The van der Waals surface area contributed by atoms with Gasteiger partial charge in [0.25, 0.3) is 5.91 Å². The standard InChI is InChI=1S/C25H26N2O2S/c1-30-17-16-23(27-24(28)20-12-6-3-7-13-20)25(29)26-22-15-9-8-14-21(22)18-19-10-4-2-5-11-19/h2-15,23H,16-18H2,1H3,(H,26,29)(H,27,28)/t23-/m0/s1. The molecule has 0 heterocycles. The number of amides is 2. The molecule has 0 saturated heterocycles. The Labute approximate surface area is 182 Å². The van der Waals surface area contributed by atoms with E-state index in [1.165, 1.54) is 5.56 Å². The Morgan fingerprint density at radius 3 is 2.20 bits per heavy atom. The maximum atomic E-state index is 13.1. The van der Waals surface area contributed by atoms with Crippen molar-refractivity contribution in [1.29, 1.82) is 0 Å².